The highest BCUT2D eigenvalue weighted by molar-refractivity contribution is 5.94. The van der Waals surface area contributed by atoms with E-state index in [1.165, 1.54) is 10.8 Å². The number of aliphatic hydroxyl groups is 3. The first-order valence-corrected chi connectivity index (χ1v) is 10.2. The molecule has 0 spiro atoms. The summed E-state index contributed by atoms with van der Waals surface area (Å²) in [6.07, 6.45) is -3.58. The first-order chi connectivity index (χ1) is 15.4. The Hall–Kier alpha value is -3.24. The molecule has 0 radical (unpaired) electrons. The van der Waals surface area contributed by atoms with Gasteiger partial charge in [-0.05, 0) is 37.3 Å². The van der Waals surface area contributed by atoms with Crippen LogP contribution < -0.4 is 10.7 Å². The molecule has 1 saturated heterocycles. The molecule has 0 saturated carbocycles. The number of nitrogens with zero attached hydrogens (tertiary/aromatic N) is 1. The van der Waals surface area contributed by atoms with E-state index in [9.17, 15) is 24.9 Å². The van der Waals surface area contributed by atoms with E-state index in [1.807, 2.05) is 30.3 Å². The van der Waals surface area contributed by atoms with Gasteiger partial charge in [0.2, 0.25) is 5.43 Å². The predicted octanol–water partition coefficient (Wildman–Crippen LogP) is 1.53. The molecule has 4 rings (SSSR count). The van der Waals surface area contributed by atoms with Crippen molar-refractivity contribution in [3.8, 4) is 0 Å². The zero-order valence-electron chi connectivity index (χ0n) is 17.3. The van der Waals surface area contributed by atoms with E-state index in [1.54, 1.807) is 25.1 Å². The topological polar surface area (TPSA) is 130 Å². The number of pyridine rings is 1. The molecule has 4 atom stereocenters. The molecule has 0 unspecified atom stereocenters. The minimum absolute atomic E-state index is 0.0831. The Balaban J connectivity index is 1.86. The molecule has 1 aromatic heterocycles. The molecule has 9 heteroatoms. The zero-order chi connectivity index (χ0) is 22.8. The molecule has 4 N–H and O–H groups in total. The summed E-state index contributed by atoms with van der Waals surface area (Å²) in [7, 11) is 0. The average Bonchev–Trinajstić information content (AvgIpc) is 3.09. The first-order valence-electron chi connectivity index (χ1n) is 10.2. The van der Waals surface area contributed by atoms with E-state index in [2.05, 4.69) is 5.32 Å². The number of esters is 1. The largest absolute Gasteiger partial charge is 0.462 e. The van der Waals surface area contributed by atoms with Gasteiger partial charge in [-0.15, -0.1) is 0 Å². The number of benzene rings is 2. The van der Waals surface area contributed by atoms with E-state index in [0.29, 0.717) is 11.2 Å². The molecular formula is C23H24N2O7. The van der Waals surface area contributed by atoms with Crippen molar-refractivity contribution in [2.24, 2.45) is 0 Å². The lowest BCUT2D eigenvalue weighted by Gasteiger charge is -2.22. The Kier molecular flexibility index (Phi) is 6.24. The normalized spacial score (nSPS) is 22.8. The number of ether oxygens (including phenoxy) is 2. The molecule has 168 valence electrons. The molecule has 0 bridgehead atoms. The Bertz CT molecular complexity index is 1180. The fourth-order valence-electron chi connectivity index (χ4n) is 3.80. The van der Waals surface area contributed by atoms with Gasteiger partial charge in [0.05, 0.1) is 18.7 Å². The van der Waals surface area contributed by atoms with E-state index < -0.39 is 42.5 Å². The predicted molar refractivity (Wildman–Crippen MR) is 117 cm³/mol. The minimum atomic E-state index is -1.38. The number of carbonyl (C=O) groups is 1. The summed E-state index contributed by atoms with van der Waals surface area (Å²) in [5.41, 5.74) is 1.07. The molecule has 2 aromatic carbocycles. The van der Waals surface area contributed by atoms with Crippen molar-refractivity contribution in [2.45, 2.75) is 31.5 Å². The van der Waals surface area contributed by atoms with Crippen molar-refractivity contribution < 1.29 is 29.6 Å². The van der Waals surface area contributed by atoms with Crippen LogP contribution in [0.3, 0.4) is 0 Å². The fraction of sp³-hybridized carbons (Fsp3) is 0.304. The Morgan fingerprint density at radius 2 is 1.88 bits per heavy atom. The number of hydrogen-bond acceptors (Lipinski definition) is 8. The number of hydrogen-bond donors (Lipinski definition) is 4. The van der Waals surface area contributed by atoms with Crippen molar-refractivity contribution in [2.75, 3.05) is 18.5 Å². The first kappa shape index (κ1) is 22.0. The molecule has 1 aliphatic rings. The summed E-state index contributed by atoms with van der Waals surface area (Å²) < 4.78 is 12.1. The molecule has 3 aromatic rings. The van der Waals surface area contributed by atoms with E-state index in [4.69, 9.17) is 9.47 Å². The maximum Gasteiger partial charge on any atom is 0.343 e. The van der Waals surface area contributed by atoms with Gasteiger partial charge < -0.3 is 34.7 Å². The van der Waals surface area contributed by atoms with Crippen molar-refractivity contribution in [1.82, 2.24) is 4.57 Å². The molecule has 2 heterocycles. The zero-order valence-corrected chi connectivity index (χ0v) is 17.3. The van der Waals surface area contributed by atoms with Crippen LogP contribution in [0.4, 0.5) is 11.4 Å². The number of anilines is 2. The van der Waals surface area contributed by atoms with Gasteiger partial charge in [0.25, 0.3) is 0 Å². The SMILES string of the molecule is CCOC(=O)c1cn([C@@H]2O[C@H](CO)[C@@H](O)[C@H]2O)c2ccc(Nc3ccccc3)cc2c1=O. The van der Waals surface area contributed by atoms with Crippen molar-refractivity contribution in [3.05, 3.63) is 70.5 Å². The van der Waals surface area contributed by atoms with E-state index >= 15 is 0 Å². The third-order valence-electron chi connectivity index (χ3n) is 5.38. The average molecular weight is 440 g/mol. The number of para-hydroxylation sites is 1. The second kappa shape index (κ2) is 9.09. The smallest absolute Gasteiger partial charge is 0.343 e. The maximum atomic E-state index is 13.1. The molecule has 1 aliphatic heterocycles. The fourth-order valence-corrected chi connectivity index (χ4v) is 3.80. The van der Waals surface area contributed by atoms with Crippen molar-refractivity contribution >= 4 is 28.2 Å². The Labute approximate surface area is 183 Å². The third-order valence-corrected chi connectivity index (χ3v) is 5.38. The van der Waals surface area contributed by atoms with Crippen LogP contribution in [0.1, 0.15) is 23.5 Å². The Morgan fingerprint density at radius 3 is 2.53 bits per heavy atom. The highest BCUT2D eigenvalue weighted by Crippen LogP contribution is 2.32. The monoisotopic (exact) mass is 440 g/mol. The van der Waals surface area contributed by atoms with Crippen LogP contribution in [0.5, 0.6) is 0 Å². The second-order valence-corrected chi connectivity index (χ2v) is 7.45. The van der Waals surface area contributed by atoms with Gasteiger partial charge in [-0.3, -0.25) is 4.79 Å². The highest BCUT2D eigenvalue weighted by Gasteiger charge is 2.43. The summed E-state index contributed by atoms with van der Waals surface area (Å²) in [5.74, 6) is -0.804. The summed E-state index contributed by atoms with van der Waals surface area (Å²) in [5, 5.41) is 33.5. The summed E-state index contributed by atoms with van der Waals surface area (Å²) in [4.78, 5) is 25.6. The van der Waals surface area contributed by atoms with Gasteiger partial charge in [0.1, 0.15) is 23.9 Å². The number of carbonyl (C=O) groups excluding carboxylic acids is 1. The molecule has 1 fully saturated rings. The summed E-state index contributed by atoms with van der Waals surface area (Å²) in [6.45, 7) is 1.22. The van der Waals surface area contributed by atoms with Crippen LogP contribution >= 0.6 is 0 Å². The molecule has 9 nitrogen and oxygen atoms in total. The van der Waals surface area contributed by atoms with Gasteiger partial charge in [0.15, 0.2) is 6.23 Å². The lowest BCUT2D eigenvalue weighted by molar-refractivity contribution is -0.0510. The highest BCUT2D eigenvalue weighted by atomic mass is 16.6. The molecule has 0 amide bonds. The van der Waals surface area contributed by atoms with Crippen LogP contribution in [0.2, 0.25) is 0 Å². The van der Waals surface area contributed by atoms with Gasteiger partial charge in [0, 0.05) is 23.0 Å². The maximum absolute atomic E-state index is 13.1. The van der Waals surface area contributed by atoms with Gasteiger partial charge in [-0.1, -0.05) is 18.2 Å². The molecular weight excluding hydrogens is 416 g/mol. The quantitative estimate of drug-likeness (QED) is 0.425. The number of nitrogens with one attached hydrogen (secondary N) is 1. The summed E-state index contributed by atoms with van der Waals surface area (Å²) >= 11 is 0. The van der Waals surface area contributed by atoms with Gasteiger partial charge >= 0.3 is 5.97 Å². The van der Waals surface area contributed by atoms with Crippen LogP contribution in [0, 0.1) is 0 Å². The minimum Gasteiger partial charge on any atom is -0.462 e. The van der Waals surface area contributed by atoms with Crippen LogP contribution in [-0.4, -0.2) is 57.4 Å². The van der Waals surface area contributed by atoms with Crippen LogP contribution in [-0.2, 0) is 9.47 Å². The number of aromatic nitrogens is 1. The van der Waals surface area contributed by atoms with Gasteiger partial charge in [-0.2, -0.15) is 0 Å². The Morgan fingerprint density at radius 1 is 1.12 bits per heavy atom. The number of fused-ring (bicyclic) bond motifs is 1. The van der Waals surface area contributed by atoms with E-state index in [0.717, 1.165) is 5.69 Å². The molecule has 0 aliphatic carbocycles. The lowest BCUT2D eigenvalue weighted by Crippen LogP contribution is -2.33. The van der Waals surface area contributed by atoms with E-state index in [-0.39, 0.29) is 17.6 Å². The van der Waals surface area contributed by atoms with Crippen LogP contribution in [0.15, 0.2) is 59.5 Å². The van der Waals surface area contributed by atoms with Crippen molar-refractivity contribution in [3.63, 3.8) is 0 Å². The van der Waals surface area contributed by atoms with Gasteiger partial charge in [-0.25, -0.2) is 4.79 Å². The number of aliphatic hydroxyl groups excluding tert-OH is 3. The number of rotatable bonds is 6. The van der Waals surface area contributed by atoms with Crippen molar-refractivity contribution in [1.29, 1.82) is 0 Å². The molecule has 32 heavy (non-hydrogen) atoms. The lowest BCUT2D eigenvalue weighted by atomic mass is 10.1. The third kappa shape index (κ3) is 3.98. The summed E-state index contributed by atoms with van der Waals surface area (Å²) in [6, 6.07) is 14.4. The van der Waals surface area contributed by atoms with Crippen LogP contribution in [0.25, 0.3) is 10.9 Å². The standard InChI is InChI=1S/C23H24N2O7/c1-2-31-23(30)16-11-25(22-21(29)20(28)18(12-26)32-22)17-9-8-14(10-15(17)19(16)27)24-13-6-4-3-5-7-13/h3-11,18,20-22,24,26,28-29H,2,12H2,1H3/t18-,20-,21-,22-/m1/s1. The second-order valence-electron chi connectivity index (χ2n) is 7.45.